The third-order valence-electron chi connectivity index (χ3n) is 4.05. The Labute approximate surface area is 139 Å². The van der Waals surface area contributed by atoms with Crippen molar-refractivity contribution in [3.05, 3.63) is 77.7 Å². The number of nitrogens with zero attached hydrogens (tertiary/aromatic N) is 3. The zero-order valence-electron chi connectivity index (χ0n) is 13.0. The van der Waals surface area contributed by atoms with Gasteiger partial charge in [0.05, 0.1) is 0 Å². The van der Waals surface area contributed by atoms with Crippen LogP contribution in [0.1, 0.15) is 11.1 Å². The Kier molecular flexibility index (Phi) is 3.83. The van der Waals surface area contributed by atoms with Crippen molar-refractivity contribution in [1.82, 2.24) is 9.97 Å². The van der Waals surface area contributed by atoms with E-state index in [2.05, 4.69) is 27.0 Å². The largest absolute Gasteiger partial charge is 0.473 e. The molecule has 0 atom stereocenters. The Morgan fingerprint density at radius 1 is 1.04 bits per heavy atom. The second-order valence-electron chi connectivity index (χ2n) is 5.64. The minimum atomic E-state index is -0.254. The Morgan fingerprint density at radius 3 is 2.75 bits per heavy atom. The lowest BCUT2D eigenvalue weighted by Gasteiger charge is -2.17. The molecule has 1 aromatic heterocycles. The Bertz CT molecular complexity index is 851. The van der Waals surface area contributed by atoms with Crippen LogP contribution in [0.15, 0.2) is 60.8 Å². The fraction of sp³-hybridized carbons (Fsp3) is 0.158. The Balaban J connectivity index is 1.51. The van der Waals surface area contributed by atoms with Crippen molar-refractivity contribution < 1.29 is 9.13 Å². The van der Waals surface area contributed by atoms with Gasteiger partial charge in [-0.1, -0.05) is 30.3 Å². The maximum absolute atomic E-state index is 12.9. The summed E-state index contributed by atoms with van der Waals surface area (Å²) in [4.78, 5) is 11.0. The number of ether oxygens (including phenoxy) is 1. The smallest absolute Gasteiger partial charge is 0.233 e. The number of para-hydroxylation sites is 1. The molecule has 1 aliphatic heterocycles. The first-order valence-corrected chi connectivity index (χ1v) is 7.85. The summed E-state index contributed by atoms with van der Waals surface area (Å²) in [5, 5.41) is 0. The van der Waals surface area contributed by atoms with Gasteiger partial charge in [0, 0.05) is 24.5 Å². The van der Waals surface area contributed by atoms with Crippen molar-refractivity contribution in [3.8, 4) is 5.88 Å². The first-order valence-electron chi connectivity index (χ1n) is 7.85. The molecule has 0 N–H and O–H groups in total. The topological polar surface area (TPSA) is 38.2 Å². The Hall–Kier alpha value is -2.95. The van der Waals surface area contributed by atoms with Gasteiger partial charge >= 0.3 is 0 Å². The summed E-state index contributed by atoms with van der Waals surface area (Å²) in [6.07, 6.45) is 2.68. The van der Waals surface area contributed by atoms with E-state index < -0.39 is 0 Å². The number of hydrogen-bond donors (Lipinski definition) is 0. The van der Waals surface area contributed by atoms with Gasteiger partial charge in [-0.15, -0.1) is 0 Å². The summed E-state index contributed by atoms with van der Waals surface area (Å²) in [6.45, 7) is 1.20. The summed E-state index contributed by atoms with van der Waals surface area (Å²) in [6, 6.07) is 16.3. The highest BCUT2D eigenvalue weighted by Gasteiger charge is 2.22. The maximum atomic E-state index is 12.9. The normalized spacial score (nSPS) is 13.0. The molecule has 0 radical (unpaired) electrons. The van der Waals surface area contributed by atoms with Crippen LogP contribution in [-0.4, -0.2) is 16.5 Å². The molecule has 0 fully saturated rings. The first-order chi connectivity index (χ1) is 11.8. The van der Waals surface area contributed by atoms with Crippen molar-refractivity contribution in [3.63, 3.8) is 0 Å². The molecule has 2 aromatic carbocycles. The second-order valence-corrected chi connectivity index (χ2v) is 5.64. The summed E-state index contributed by atoms with van der Waals surface area (Å²) in [5.41, 5.74) is 3.34. The molecule has 0 aliphatic carbocycles. The van der Waals surface area contributed by atoms with Crippen LogP contribution in [0.2, 0.25) is 0 Å². The third kappa shape index (κ3) is 2.93. The maximum Gasteiger partial charge on any atom is 0.233 e. The fourth-order valence-electron chi connectivity index (χ4n) is 2.83. The van der Waals surface area contributed by atoms with E-state index in [0.29, 0.717) is 18.4 Å². The van der Waals surface area contributed by atoms with Gasteiger partial charge in [-0.2, -0.15) is 4.98 Å². The van der Waals surface area contributed by atoms with Crippen LogP contribution >= 0.6 is 0 Å². The van der Waals surface area contributed by atoms with Crippen molar-refractivity contribution >= 4 is 11.6 Å². The van der Waals surface area contributed by atoms with Crippen molar-refractivity contribution in [2.24, 2.45) is 0 Å². The number of anilines is 2. The number of fused-ring (bicyclic) bond motifs is 1. The zero-order valence-corrected chi connectivity index (χ0v) is 13.0. The lowest BCUT2D eigenvalue weighted by Crippen LogP contribution is -2.16. The van der Waals surface area contributed by atoms with E-state index in [1.54, 1.807) is 24.4 Å². The highest BCUT2D eigenvalue weighted by molar-refractivity contribution is 5.65. The van der Waals surface area contributed by atoms with Gasteiger partial charge in [0.15, 0.2) is 0 Å². The number of benzene rings is 2. The van der Waals surface area contributed by atoms with Gasteiger partial charge in [-0.3, -0.25) is 0 Å². The highest BCUT2D eigenvalue weighted by atomic mass is 19.1. The van der Waals surface area contributed by atoms with Crippen LogP contribution in [0, 0.1) is 5.82 Å². The molecule has 0 spiro atoms. The average Bonchev–Trinajstić information content (AvgIpc) is 3.06. The molecule has 2 heterocycles. The van der Waals surface area contributed by atoms with E-state index in [9.17, 15) is 4.39 Å². The Morgan fingerprint density at radius 2 is 1.88 bits per heavy atom. The molecule has 4 rings (SSSR count). The van der Waals surface area contributed by atoms with Crippen LogP contribution < -0.4 is 9.64 Å². The van der Waals surface area contributed by atoms with Crippen LogP contribution in [0.5, 0.6) is 5.88 Å². The van der Waals surface area contributed by atoms with Crippen LogP contribution in [0.25, 0.3) is 0 Å². The lowest BCUT2D eigenvalue weighted by molar-refractivity contribution is 0.293. The average molecular weight is 321 g/mol. The van der Waals surface area contributed by atoms with E-state index in [1.807, 2.05) is 12.1 Å². The lowest BCUT2D eigenvalue weighted by atomic mass is 10.2. The van der Waals surface area contributed by atoms with Gasteiger partial charge in [0.1, 0.15) is 12.4 Å². The summed E-state index contributed by atoms with van der Waals surface area (Å²) < 4.78 is 18.6. The van der Waals surface area contributed by atoms with Gasteiger partial charge in [-0.25, -0.2) is 9.37 Å². The van der Waals surface area contributed by atoms with E-state index in [4.69, 9.17) is 4.74 Å². The zero-order chi connectivity index (χ0) is 16.4. The van der Waals surface area contributed by atoms with Crippen LogP contribution in [0.4, 0.5) is 16.0 Å². The van der Waals surface area contributed by atoms with Crippen molar-refractivity contribution in [2.45, 2.75) is 13.0 Å². The highest BCUT2D eigenvalue weighted by Crippen LogP contribution is 2.32. The van der Waals surface area contributed by atoms with Gasteiger partial charge < -0.3 is 9.64 Å². The molecule has 0 saturated heterocycles. The summed E-state index contributed by atoms with van der Waals surface area (Å²) in [7, 11) is 0. The molecule has 0 amide bonds. The predicted molar refractivity (Wildman–Crippen MR) is 89.9 cm³/mol. The minimum absolute atomic E-state index is 0.254. The number of aromatic nitrogens is 2. The standard InChI is InChI=1S/C19H16FN3O/c20-16-7-5-14(6-8-16)13-24-18-9-11-21-19(22-18)23-12-10-15-3-1-2-4-17(15)23/h1-9,11H,10,12-13H2. The molecule has 0 saturated carbocycles. The van der Waals surface area contributed by atoms with Gasteiger partial charge in [0.25, 0.3) is 0 Å². The number of halogens is 1. The van der Waals surface area contributed by atoms with Crippen LogP contribution in [-0.2, 0) is 13.0 Å². The molecule has 24 heavy (non-hydrogen) atoms. The van der Waals surface area contributed by atoms with E-state index in [-0.39, 0.29) is 5.82 Å². The number of hydrogen-bond acceptors (Lipinski definition) is 4. The molecule has 4 nitrogen and oxygen atoms in total. The van der Waals surface area contributed by atoms with Crippen LogP contribution in [0.3, 0.4) is 0 Å². The van der Waals surface area contributed by atoms with E-state index >= 15 is 0 Å². The molecule has 0 bridgehead atoms. The minimum Gasteiger partial charge on any atom is -0.473 e. The third-order valence-corrected chi connectivity index (χ3v) is 4.05. The molecule has 5 heteroatoms. The molecule has 120 valence electrons. The fourth-order valence-corrected chi connectivity index (χ4v) is 2.83. The second kappa shape index (κ2) is 6.28. The molecule has 3 aromatic rings. The predicted octanol–water partition coefficient (Wildman–Crippen LogP) is 3.89. The number of rotatable bonds is 4. The van der Waals surface area contributed by atoms with Crippen molar-refractivity contribution in [1.29, 1.82) is 0 Å². The SMILES string of the molecule is Fc1ccc(COc2ccnc(N3CCc4ccccc43)n2)cc1. The molecular formula is C19H16FN3O. The van der Waals surface area contributed by atoms with Gasteiger partial charge in [-0.05, 0) is 35.7 Å². The summed E-state index contributed by atoms with van der Waals surface area (Å²) >= 11 is 0. The molecule has 1 aliphatic rings. The van der Waals surface area contributed by atoms with E-state index in [0.717, 1.165) is 24.2 Å². The van der Waals surface area contributed by atoms with Crippen molar-refractivity contribution in [2.75, 3.05) is 11.4 Å². The summed E-state index contributed by atoms with van der Waals surface area (Å²) in [5.74, 6) is 0.890. The van der Waals surface area contributed by atoms with E-state index in [1.165, 1.54) is 17.7 Å². The first kappa shape index (κ1) is 14.6. The quantitative estimate of drug-likeness (QED) is 0.731. The molecular weight excluding hydrogens is 305 g/mol. The van der Waals surface area contributed by atoms with Gasteiger partial charge in [0.2, 0.25) is 11.8 Å². The molecule has 0 unspecified atom stereocenters. The monoisotopic (exact) mass is 321 g/mol.